The normalized spacial score (nSPS) is 11.9. The Balaban J connectivity index is 3.06. The van der Waals surface area contributed by atoms with E-state index < -0.39 is 10.7 Å². The molecule has 0 bridgehead atoms. The molecule has 0 fully saturated rings. The summed E-state index contributed by atoms with van der Waals surface area (Å²) in [5, 5.41) is 0. The second-order valence-electron chi connectivity index (χ2n) is 2.72. The molecule has 0 unspecified atom stereocenters. The van der Waals surface area contributed by atoms with Gasteiger partial charge in [-0.05, 0) is 28.4 Å². The highest BCUT2D eigenvalue weighted by atomic mass is 79.9. The number of rotatable bonds is 3. The summed E-state index contributed by atoms with van der Waals surface area (Å²) in [5.74, 6) is -0.668. The van der Waals surface area contributed by atoms with Gasteiger partial charge in [0.1, 0.15) is 5.57 Å². The van der Waals surface area contributed by atoms with E-state index in [1.165, 1.54) is 0 Å². The molecule has 0 spiro atoms. The second-order valence-corrected chi connectivity index (χ2v) is 3.42. The number of esters is 1. The topological polar surface area (TPSA) is 26.3 Å². The molecule has 0 N–H and O–H groups in total. The monoisotopic (exact) mass is 272 g/mol. The van der Waals surface area contributed by atoms with E-state index in [1.807, 2.05) is 0 Å². The molecular weight excluding hydrogens is 263 g/mol. The summed E-state index contributed by atoms with van der Waals surface area (Å²) in [6, 6.07) is 8.54. The molecule has 1 aromatic carbocycles. The van der Waals surface area contributed by atoms with E-state index in [9.17, 15) is 9.18 Å². The van der Waals surface area contributed by atoms with Crippen LogP contribution in [0.2, 0.25) is 0 Å². The quantitative estimate of drug-likeness (QED) is 0.624. The van der Waals surface area contributed by atoms with Crippen molar-refractivity contribution in [3.63, 3.8) is 0 Å². The maximum atomic E-state index is 13.1. The average molecular weight is 273 g/mol. The summed E-state index contributed by atoms with van der Waals surface area (Å²) in [6.07, 6.45) is 0. The third-order valence-electron chi connectivity index (χ3n) is 1.73. The van der Waals surface area contributed by atoms with E-state index in [2.05, 4.69) is 15.9 Å². The zero-order chi connectivity index (χ0) is 11.3. The minimum atomic E-state index is -0.716. The number of carbonyl (C=O) groups excluding carboxylic acids is 1. The fraction of sp³-hybridized carbons (Fsp3) is 0.182. The fourth-order valence-electron chi connectivity index (χ4n) is 1.11. The van der Waals surface area contributed by atoms with Gasteiger partial charge in [-0.2, -0.15) is 4.39 Å². The Labute approximate surface area is 95.9 Å². The number of carbonyl (C=O) groups is 1. The zero-order valence-electron chi connectivity index (χ0n) is 8.17. The van der Waals surface area contributed by atoms with Gasteiger partial charge in [-0.25, -0.2) is 4.79 Å². The summed E-state index contributed by atoms with van der Waals surface area (Å²) >= 11 is 2.66. The van der Waals surface area contributed by atoms with Gasteiger partial charge in [-0.15, -0.1) is 0 Å². The van der Waals surface area contributed by atoms with Crippen LogP contribution in [0, 0.1) is 0 Å². The summed E-state index contributed by atoms with van der Waals surface area (Å²) in [7, 11) is 0. The molecule has 0 atom stereocenters. The Morgan fingerprint density at radius 2 is 2.00 bits per heavy atom. The first kappa shape index (κ1) is 11.9. The molecule has 0 amide bonds. The molecule has 1 aromatic rings. The lowest BCUT2D eigenvalue weighted by molar-refractivity contribution is -0.136. The highest BCUT2D eigenvalue weighted by Crippen LogP contribution is 2.24. The minimum Gasteiger partial charge on any atom is -0.462 e. The lowest BCUT2D eigenvalue weighted by Crippen LogP contribution is -2.07. The summed E-state index contributed by atoms with van der Waals surface area (Å²) in [5.41, 5.74) is 0.405. The fourth-order valence-corrected chi connectivity index (χ4v) is 1.50. The van der Waals surface area contributed by atoms with Crippen LogP contribution in [0.5, 0.6) is 0 Å². The van der Waals surface area contributed by atoms with E-state index in [0.717, 1.165) is 0 Å². The Morgan fingerprint density at radius 3 is 2.47 bits per heavy atom. The number of halogens is 2. The van der Waals surface area contributed by atoms with Gasteiger partial charge in [0, 0.05) is 0 Å². The molecule has 4 heteroatoms. The lowest BCUT2D eigenvalue weighted by Gasteiger charge is -2.06. The first-order chi connectivity index (χ1) is 7.16. The van der Waals surface area contributed by atoms with Crippen LogP contribution in [0.3, 0.4) is 0 Å². The Bertz CT molecular complexity index is 369. The van der Waals surface area contributed by atoms with Crippen LogP contribution in [0.25, 0.3) is 5.57 Å². The smallest absolute Gasteiger partial charge is 0.342 e. The van der Waals surface area contributed by atoms with Crippen molar-refractivity contribution in [2.24, 2.45) is 0 Å². The molecule has 0 saturated carbocycles. The van der Waals surface area contributed by atoms with E-state index in [4.69, 9.17) is 4.74 Å². The van der Waals surface area contributed by atoms with Crippen molar-refractivity contribution in [2.75, 3.05) is 6.61 Å². The van der Waals surface area contributed by atoms with Crippen LogP contribution >= 0.6 is 15.9 Å². The van der Waals surface area contributed by atoms with E-state index >= 15 is 0 Å². The largest absolute Gasteiger partial charge is 0.462 e. The van der Waals surface area contributed by atoms with Crippen LogP contribution in [0.4, 0.5) is 4.39 Å². The molecule has 0 heterocycles. The number of hydrogen-bond acceptors (Lipinski definition) is 2. The first-order valence-corrected chi connectivity index (χ1v) is 5.24. The van der Waals surface area contributed by atoms with E-state index in [1.54, 1.807) is 37.3 Å². The van der Waals surface area contributed by atoms with Crippen LogP contribution in [0.1, 0.15) is 12.5 Å². The second kappa shape index (κ2) is 5.66. The van der Waals surface area contributed by atoms with Gasteiger partial charge in [-0.1, -0.05) is 30.3 Å². The maximum absolute atomic E-state index is 13.1. The van der Waals surface area contributed by atoms with Crippen LogP contribution in [-0.2, 0) is 9.53 Å². The predicted molar refractivity (Wildman–Crippen MR) is 60.0 cm³/mol. The SMILES string of the molecule is CCOC(=O)/C(=C(/F)Br)c1ccccc1. The maximum Gasteiger partial charge on any atom is 0.342 e. The number of benzene rings is 1. The number of hydrogen-bond donors (Lipinski definition) is 0. The van der Waals surface area contributed by atoms with Crippen molar-refractivity contribution in [1.29, 1.82) is 0 Å². The molecule has 15 heavy (non-hydrogen) atoms. The standard InChI is InChI=1S/C11H10BrFO2/c1-2-15-11(14)9(10(12)13)8-6-4-3-5-7-8/h3-7H,2H2,1H3/b10-9+. The van der Waals surface area contributed by atoms with E-state index in [0.29, 0.717) is 5.56 Å². The highest BCUT2D eigenvalue weighted by Gasteiger charge is 2.17. The van der Waals surface area contributed by atoms with Gasteiger partial charge in [0.25, 0.3) is 0 Å². The van der Waals surface area contributed by atoms with Crippen molar-refractivity contribution in [1.82, 2.24) is 0 Å². The Morgan fingerprint density at radius 1 is 1.40 bits per heavy atom. The first-order valence-electron chi connectivity index (χ1n) is 4.44. The van der Waals surface area contributed by atoms with Gasteiger partial charge in [0.05, 0.1) is 6.61 Å². The third-order valence-corrected chi connectivity index (χ3v) is 2.13. The molecule has 2 nitrogen and oxygen atoms in total. The van der Waals surface area contributed by atoms with Crippen molar-refractivity contribution >= 4 is 27.5 Å². The van der Waals surface area contributed by atoms with Crippen molar-refractivity contribution in [2.45, 2.75) is 6.92 Å². The van der Waals surface area contributed by atoms with E-state index in [-0.39, 0.29) is 12.2 Å². The number of ether oxygens (including phenoxy) is 1. The molecule has 0 aliphatic heterocycles. The lowest BCUT2D eigenvalue weighted by atomic mass is 10.1. The van der Waals surface area contributed by atoms with Crippen molar-refractivity contribution in [3.8, 4) is 0 Å². The molecule has 0 aromatic heterocycles. The summed E-state index contributed by atoms with van der Waals surface area (Å²) in [6.45, 7) is 1.89. The predicted octanol–water partition coefficient (Wildman–Crippen LogP) is 3.28. The van der Waals surface area contributed by atoms with Crippen molar-refractivity contribution in [3.05, 3.63) is 40.6 Å². The molecule has 0 saturated heterocycles. The summed E-state index contributed by atoms with van der Waals surface area (Å²) in [4.78, 5) is 11.4. The van der Waals surface area contributed by atoms with Crippen molar-refractivity contribution < 1.29 is 13.9 Å². The van der Waals surface area contributed by atoms with Gasteiger partial charge < -0.3 is 4.74 Å². The van der Waals surface area contributed by atoms with Crippen LogP contribution in [-0.4, -0.2) is 12.6 Å². The van der Waals surface area contributed by atoms with Crippen LogP contribution in [0.15, 0.2) is 35.1 Å². The molecule has 0 radical (unpaired) electrons. The third kappa shape index (κ3) is 3.16. The average Bonchev–Trinajstić information content (AvgIpc) is 2.19. The summed E-state index contributed by atoms with van der Waals surface area (Å²) < 4.78 is 17.2. The Kier molecular flexibility index (Phi) is 4.49. The Hall–Kier alpha value is -1.16. The molecule has 0 aliphatic rings. The van der Waals surface area contributed by atoms with Gasteiger partial charge in [-0.3, -0.25) is 0 Å². The zero-order valence-corrected chi connectivity index (χ0v) is 9.75. The highest BCUT2D eigenvalue weighted by molar-refractivity contribution is 9.11. The van der Waals surface area contributed by atoms with Gasteiger partial charge in [0.15, 0.2) is 4.74 Å². The molecular formula is C11H10BrFO2. The molecule has 0 aliphatic carbocycles. The molecule has 80 valence electrons. The minimum absolute atomic E-state index is 0.0857. The molecule has 1 rings (SSSR count). The van der Waals surface area contributed by atoms with Gasteiger partial charge >= 0.3 is 5.97 Å². The van der Waals surface area contributed by atoms with Crippen LogP contribution < -0.4 is 0 Å². The van der Waals surface area contributed by atoms with Gasteiger partial charge in [0.2, 0.25) is 0 Å².